The first-order valence-corrected chi connectivity index (χ1v) is 5.37. The molecule has 0 fully saturated rings. The Morgan fingerprint density at radius 3 is 2.94 bits per heavy atom. The number of halogens is 1. The lowest BCUT2D eigenvalue weighted by molar-refractivity contribution is 0.0939. The van der Waals surface area contributed by atoms with Gasteiger partial charge in [-0.2, -0.15) is 5.26 Å². The van der Waals surface area contributed by atoms with Gasteiger partial charge in [-0.1, -0.05) is 24.9 Å². The summed E-state index contributed by atoms with van der Waals surface area (Å²) in [6, 6.07) is 4.68. The molecule has 1 aromatic rings. The molecule has 0 aliphatic rings. The van der Waals surface area contributed by atoms with Gasteiger partial charge in [-0.05, 0) is 18.6 Å². The molecule has 0 aliphatic heterocycles. The van der Waals surface area contributed by atoms with E-state index in [1.165, 1.54) is 12.3 Å². The van der Waals surface area contributed by atoms with Crippen molar-refractivity contribution in [1.82, 2.24) is 10.3 Å². The van der Waals surface area contributed by atoms with Gasteiger partial charge in [0.25, 0.3) is 5.91 Å². The van der Waals surface area contributed by atoms with Gasteiger partial charge in [0.2, 0.25) is 0 Å². The highest BCUT2D eigenvalue weighted by molar-refractivity contribution is 6.30. The van der Waals surface area contributed by atoms with Crippen molar-refractivity contribution in [2.75, 3.05) is 0 Å². The highest BCUT2D eigenvalue weighted by Crippen LogP contribution is 2.06. The zero-order valence-electron chi connectivity index (χ0n) is 8.90. The summed E-state index contributed by atoms with van der Waals surface area (Å²) in [5, 5.41) is 11.9. The predicted octanol–water partition coefficient (Wildman–Crippen LogP) is 2.16. The molecule has 4 nitrogen and oxygen atoms in total. The van der Waals surface area contributed by atoms with Crippen molar-refractivity contribution in [3.8, 4) is 6.07 Å². The van der Waals surface area contributed by atoms with Crippen molar-refractivity contribution in [1.29, 1.82) is 5.26 Å². The highest BCUT2D eigenvalue weighted by atomic mass is 35.5. The van der Waals surface area contributed by atoms with Gasteiger partial charge in [0, 0.05) is 6.20 Å². The molecular weight excluding hydrogens is 226 g/mol. The van der Waals surface area contributed by atoms with E-state index in [9.17, 15) is 4.79 Å². The van der Waals surface area contributed by atoms with E-state index in [4.69, 9.17) is 16.9 Å². The fourth-order valence-corrected chi connectivity index (χ4v) is 1.31. The Hall–Kier alpha value is -1.60. The van der Waals surface area contributed by atoms with E-state index in [0.29, 0.717) is 11.4 Å². The van der Waals surface area contributed by atoms with Crippen molar-refractivity contribution in [2.24, 2.45) is 0 Å². The maximum Gasteiger partial charge on any atom is 0.270 e. The van der Waals surface area contributed by atoms with Crippen LogP contribution < -0.4 is 5.32 Å². The largest absolute Gasteiger partial charge is 0.335 e. The second-order valence-electron chi connectivity index (χ2n) is 3.31. The minimum absolute atomic E-state index is 0.265. The maximum absolute atomic E-state index is 11.6. The van der Waals surface area contributed by atoms with Gasteiger partial charge >= 0.3 is 0 Å². The standard InChI is InChI=1S/C11H12ClN3O/c1-2-3-9(6-13)15-11(16)10-5-4-8(12)7-14-10/h4-5,7,9H,2-3H2,1H3,(H,15,16). The number of nitrogens with zero attached hydrogens (tertiary/aromatic N) is 2. The molecule has 1 N–H and O–H groups in total. The number of nitrogens with one attached hydrogen (secondary N) is 1. The third-order valence-corrected chi connectivity index (χ3v) is 2.22. The summed E-state index contributed by atoms with van der Waals surface area (Å²) >= 11 is 5.65. The molecule has 1 heterocycles. The number of nitriles is 1. The lowest BCUT2D eigenvalue weighted by Crippen LogP contribution is -2.34. The number of carbonyl (C=O) groups excluding carboxylic acids is 1. The second kappa shape index (κ2) is 6.09. The molecule has 0 saturated carbocycles. The number of hydrogen-bond donors (Lipinski definition) is 1. The van der Waals surface area contributed by atoms with E-state index in [1.807, 2.05) is 13.0 Å². The van der Waals surface area contributed by atoms with Crippen LogP contribution >= 0.6 is 11.6 Å². The SMILES string of the molecule is CCCC(C#N)NC(=O)c1ccc(Cl)cn1. The molecule has 84 valence electrons. The van der Waals surface area contributed by atoms with Crippen molar-refractivity contribution >= 4 is 17.5 Å². The molecule has 0 saturated heterocycles. The summed E-state index contributed by atoms with van der Waals surface area (Å²) in [5.41, 5.74) is 0.265. The van der Waals surface area contributed by atoms with Gasteiger partial charge in [0.05, 0.1) is 11.1 Å². The van der Waals surface area contributed by atoms with E-state index in [-0.39, 0.29) is 11.6 Å². The van der Waals surface area contributed by atoms with Crippen molar-refractivity contribution in [2.45, 2.75) is 25.8 Å². The first-order chi connectivity index (χ1) is 7.67. The van der Waals surface area contributed by atoms with Crippen LogP contribution in [0.25, 0.3) is 0 Å². The smallest absolute Gasteiger partial charge is 0.270 e. The van der Waals surface area contributed by atoms with E-state index in [0.717, 1.165) is 6.42 Å². The molecule has 0 radical (unpaired) electrons. The Kier molecular flexibility index (Phi) is 4.74. The molecule has 1 aromatic heterocycles. The lowest BCUT2D eigenvalue weighted by atomic mass is 10.2. The second-order valence-corrected chi connectivity index (χ2v) is 3.74. The van der Waals surface area contributed by atoms with Crippen molar-refractivity contribution in [3.05, 3.63) is 29.0 Å². The molecule has 16 heavy (non-hydrogen) atoms. The Morgan fingerprint density at radius 1 is 1.69 bits per heavy atom. The average molecular weight is 238 g/mol. The lowest BCUT2D eigenvalue weighted by Gasteiger charge is -2.09. The molecule has 0 bridgehead atoms. The fraction of sp³-hybridized carbons (Fsp3) is 0.364. The molecule has 1 unspecified atom stereocenters. The summed E-state index contributed by atoms with van der Waals surface area (Å²) in [6.45, 7) is 1.96. The maximum atomic E-state index is 11.6. The predicted molar refractivity (Wildman–Crippen MR) is 61.0 cm³/mol. The van der Waals surface area contributed by atoms with E-state index in [1.54, 1.807) is 6.07 Å². The third-order valence-electron chi connectivity index (χ3n) is 2.00. The summed E-state index contributed by atoms with van der Waals surface area (Å²) in [4.78, 5) is 15.5. The van der Waals surface area contributed by atoms with Gasteiger partial charge in [-0.25, -0.2) is 4.98 Å². The summed E-state index contributed by atoms with van der Waals surface area (Å²) in [6.07, 6.45) is 2.88. The Bertz CT molecular complexity index is 397. The van der Waals surface area contributed by atoms with Crippen molar-refractivity contribution < 1.29 is 4.79 Å². The first kappa shape index (κ1) is 12.5. The molecular formula is C11H12ClN3O. The number of carbonyl (C=O) groups is 1. The minimum atomic E-state index is -0.463. The molecule has 0 aliphatic carbocycles. The highest BCUT2D eigenvalue weighted by Gasteiger charge is 2.12. The van der Waals surface area contributed by atoms with Gasteiger partial charge in [0.15, 0.2) is 0 Å². The van der Waals surface area contributed by atoms with Crippen LogP contribution in [0.15, 0.2) is 18.3 Å². The summed E-state index contributed by atoms with van der Waals surface area (Å²) < 4.78 is 0. The topological polar surface area (TPSA) is 65.8 Å². The van der Waals surface area contributed by atoms with Crippen LogP contribution in [0, 0.1) is 11.3 Å². The van der Waals surface area contributed by atoms with Crippen LogP contribution in [0.4, 0.5) is 0 Å². The molecule has 1 amide bonds. The third kappa shape index (κ3) is 3.52. The zero-order valence-corrected chi connectivity index (χ0v) is 9.66. The van der Waals surface area contributed by atoms with E-state index < -0.39 is 6.04 Å². The monoisotopic (exact) mass is 237 g/mol. The number of hydrogen-bond acceptors (Lipinski definition) is 3. The van der Waals surface area contributed by atoms with Crippen LogP contribution in [-0.4, -0.2) is 16.9 Å². The quantitative estimate of drug-likeness (QED) is 0.873. The molecule has 5 heteroatoms. The van der Waals surface area contributed by atoms with E-state index in [2.05, 4.69) is 10.3 Å². The number of rotatable bonds is 4. The van der Waals surface area contributed by atoms with Crippen LogP contribution in [0.1, 0.15) is 30.3 Å². The van der Waals surface area contributed by atoms with Crippen LogP contribution in [0.2, 0.25) is 5.02 Å². The number of aromatic nitrogens is 1. The van der Waals surface area contributed by atoms with Gasteiger partial charge in [-0.15, -0.1) is 0 Å². The van der Waals surface area contributed by atoms with Crippen molar-refractivity contribution in [3.63, 3.8) is 0 Å². The Morgan fingerprint density at radius 2 is 2.44 bits per heavy atom. The molecule has 0 aromatic carbocycles. The molecule has 1 rings (SSSR count). The minimum Gasteiger partial charge on any atom is -0.335 e. The fourth-order valence-electron chi connectivity index (χ4n) is 1.20. The summed E-state index contributed by atoms with van der Waals surface area (Å²) in [5.74, 6) is -0.350. The number of pyridine rings is 1. The Labute approximate surface area is 99.2 Å². The molecule has 1 atom stereocenters. The van der Waals surface area contributed by atoms with Gasteiger partial charge in [-0.3, -0.25) is 4.79 Å². The van der Waals surface area contributed by atoms with E-state index >= 15 is 0 Å². The molecule has 0 spiro atoms. The normalized spacial score (nSPS) is 11.6. The zero-order chi connectivity index (χ0) is 12.0. The first-order valence-electron chi connectivity index (χ1n) is 4.99. The average Bonchev–Trinajstić information content (AvgIpc) is 2.29. The van der Waals surface area contributed by atoms with Gasteiger partial charge < -0.3 is 5.32 Å². The Balaban J connectivity index is 2.65. The van der Waals surface area contributed by atoms with Crippen LogP contribution in [0.5, 0.6) is 0 Å². The van der Waals surface area contributed by atoms with Crippen LogP contribution in [0.3, 0.4) is 0 Å². The number of amides is 1. The summed E-state index contributed by atoms with van der Waals surface area (Å²) in [7, 11) is 0. The van der Waals surface area contributed by atoms with Crippen LogP contribution in [-0.2, 0) is 0 Å². The van der Waals surface area contributed by atoms with Gasteiger partial charge in [0.1, 0.15) is 11.7 Å².